The SMILES string of the molecule is Cc1ccc(-c2c(N)noc2C2CC2(C)C)cc1C. The lowest BCUT2D eigenvalue weighted by Crippen LogP contribution is -1.94. The molecule has 1 aliphatic rings. The molecule has 1 fully saturated rings. The molecule has 0 bridgehead atoms. The summed E-state index contributed by atoms with van der Waals surface area (Å²) >= 11 is 0. The highest BCUT2D eigenvalue weighted by Gasteiger charge is 2.50. The zero-order chi connectivity index (χ0) is 13.8. The van der Waals surface area contributed by atoms with E-state index in [1.165, 1.54) is 11.1 Å². The van der Waals surface area contributed by atoms with Crippen molar-refractivity contribution in [2.45, 2.75) is 40.0 Å². The topological polar surface area (TPSA) is 52.0 Å². The van der Waals surface area contributed by atoms with Gasteiger partial charge in [-0.3, -0.25) is 0 Å². The molecule has 2 aromatic rings. The molecule has 2 N–H and O–H groups in total. The number of nitrogens with zero attached hydrogens (tertiary/aromatic N) is 1. The van der Waals surface area contributed by atoms with Crippen molar-refractivity contribution < 1.29 is 4.52 Å². The Bertz CT molecular complexity index is 640. The number of hydrogen-bond acceptors (Lipinski definition) is 3. The van der Waals surface area contributed by atoms with Crippen molar-refractivity contribution in [1.29, 1.82) is 0 Å². The van der Waals surface area contributed by atoms with Gasteiger partial charge in [0, 0.05) is 5.92 Å². The minimum atomic E-state index is 0.306. The second-order valence-electron chi connectivity index (χ2n) is 6.35. The van der Waals surface area contributed by atoms with Crippen molar-refractivity contribution in [1.82, 2.24) is 5.16 Å². The van der Waals surface area contributed by atoms with Gasteiger partial charge in [-0.1, -0.05) is 37.2 Å². The first kappa shape index (κ1) is 12.3. The van der Waals surface area contributed by atoms with Crippen molar-refractivity contribution >= 4 is 5.82 Å². The first-order chi connectivity index (χ1) is 8.90. The van der Waals surface area contributed by atoms with E-state index in [-0.39, 0.29) is 0 Å². The van der Waals surface area contributed by atoms with Crippen LogP contribution in [0.3, 0.4) is 0 Å². The molecular formula is C16H20N2O. The average Bonchev–Trinajstić information content (AvgIpc) is 2.80. The molecule has 1 aromatic heterocycles. The summed E-state index contributed by atoms with van der Waals surface area (Å²) < 4.78 is 5.50. The van der Waals surface area contributed by atoms with Crippen molar-refractivity contribution in [3.05, 3.63) is 35.1 Å². The molecule has 3 rings (SSSR count). The molecule has 19 heavy (non-hydrogen) atoms. The molecule has 0 spiro atoms. The molecule has 1 unspecified atom stereocenters. The fourth-order valence-corrected chi connectivity index (χ4v) is 2.66. The number of hydrogen-bond donors (Lipinski definition) is 1. The highest BCUT2D eigenvalue weighted by atomic mass is 16.5. The second-order valence-corrected chi connectivity index (χ2v) is 6.35. The number of nitrogen functional groups attached to an aromatic ring is 1. The van der Waals surface area contributed by atoms with Gasteiger partial charge < -0.3 is 10.3 Å². The molecule has 1 aromatic carbocycles. The summed E-state index contributed by atoms with van der Waals surface area (Å²) in [5, 5.41) is 3.97. The lowest BCUT2D eigenvalue weighted by atomic mass is 9.97. The number of nitrogens with two attached hydrogens (primary N) is 1. The highest BCUT2D eigenvalue weighted by Crippen LogP contribution is 2.60. The Morgan fingerprint density at radius 1 is 1.26 bits per heavy atom. The smallest absolute Gasteiger partial charge is 0.175 e. The fourth-order valence-electron chi connectivity index (χ4n) is 2.66. The van der Waals surface area contributed by atoms with Crippen molar-refractivity contribution in [3.8, 4) is 11.1 Å². The van der Waals surface area contributed by atoms with E-state index in [4.69, 9.17) is 10.3 Å². The Labute approximate surface area is 113 Å². The molecule has 0 saturated heterocycles. The average molecular weight is 256 g/mol. The van der Waals surface area contributed by atoms with Crippen molar-refractivity contribution in [2.75, 3.05) is 5.73 Å². The first-order valence-corrected chi connectivity index (χ1v) is 6.73. The number of benzene rings is 1. The molecule has 0 amide bonds. The Balaban J connectivity index is 2.09. The Morgan fingerprint density at radius 2 is 1.95 bits per heavy atom. The van der Waals surface area contributed by atoms with E-state index in [1.807, 2.05) is 0 Å². The molecular weight excluding hydrogens is 236 g/mol. The van der Waals surface area contributed by atoms with Crippen LogP contribution in [0.25, 0.3) is 11.1 Å². The lowest BCUT2D eigenvalue weighted by molar-refractivity contribution is 0.376. The maximum absolute atomic E-state index is 6.01. The number of anilines is 1. The van der Waals surface area contributed by atoms with Gasteiger partial charge in [-0.05, 0) is 42.4 Å². The minimum Gasteiger partial charge on any atom is -0.380 e. The van der Waals surface area contributed by atoms with E-state index < -0.39 is 0 Å². The Kier molecular flexibility index (Phi) is 2.49. The predicted octanol–water partition coefficient (Wildman–Crippen LogP) is 4.05. The number of rotatable bonds is 2. The van der Waals surface area contributed by atoms with E-state index in [1.54, 1.807) is 0 Å². The normalized spacial score (nSPS) is 20.5. The van der Waals surface area contributed by atoms with Crippen LogP contribution in [0.2, 0.25) is 0 Å². The molecule has 0 radical (unpaired) electrons. The molecule has 0 aliphatic heterocycles. The third-order valence-electron chi connectivity index (χ3n) is 4.37. The van der Waals surface area contributed by atoms with Crippen LogP contribution in [0.4, 0.5) is 5.82 Å². The number of aryl methyl sites for hydroxylation is 2. The van der Waals surface area contributed by atoms with Crippen LogP contribution in [0.1, 0.15) is 43.1 Å². The summed E-state index contributed by atoms with van der Waals surface area (Å²) in [4.78, 5) is 0. The molecule has 1 heterocycles. The van der Waals surface area contributed by atoms with E-state index >= 15 is 0 Å². The van der Waals surface area contributed by atoms with Crippen LogP contribution in [0, 0.1) is 19.3 Å². The maximum Gasteiger partial charge on any atom is 0.175 e. The van der Waals surface area contributed by atoms with Crippen molar-refractivity contribution in [3.63, 3.8) is 0 Å². The van der Waals surface area contributed by atoms with Gasteiger partial charge >= 0.3 is 0 Å². The van der Waals surface area contributed by atoms with Gasteiger partial charge in [-0.2, -0.15) is 0 Å². The Morgan fingerprint density at radius 3 is 2.53 bits per heavy atom. The zero-order valence-electron chi connectivity index (χ0n) is 11.9. The summed E-state index contributed by atoms with van der Waals surface area (Å²) in [6, 6.07) is 6.39. The maximum atomic E-state index is 6.01. The van der Waals surface area contributed by atoms with Gasteiger partial charge in [0.25, 0.3) is 0 Å². The molecule has 1 aliphatic carbocycles. The summed E-state index contributed by atoms with van der Waals surface area (Å²) in [7, 11) is 0. The largest absolute Gasteiger partial charge is 0.380 e. The Hall–Kier alpha value is -1.77. The summed E-state index contributed by atoms with van der Waals surface area (Å²) in [5.41, 5.74) is 11.0. The third-order valence-corrected chi connectivity index (χ3v) is 4.37. The van der Waals surface area contributed by atoms with E-state index in [0.717, 1.165) is 23.3 Å². The van der Waals surface area contributed by atoms with Gasteiger partial charge in [-0.25, -0.2) is 0 Å². The van der Waals surface area contributed by atoms with Gasteiger partial charge in [-0.15, -0.1) is 0 Å². The quantitative estimate of drug-likeness (QED) is 0.881. The number of aromatic nitrogens is 1. The van der Waals surface area contributed by atoms with Gasteiger partial charge in [0.2, 0.25) is 0 Å². The second kappa shape index (κ2) is 3.86. The standard InChI is InChI=1S/C16H20N2O/c1-9-5-6-11(7-10(9)2)13-14(19-18-15(13)17)12-8-16(12,3)4/h5-7,12H,8H2,1-4H3,(H2,17,18). The van der Waals surface area contributed by atoms with Crippen LogP contribution in [-0.4, -0.2) is 5.16 Å². The predicted molar refractivity (Wildman–Crippen MR) is 77.0 cm³/mol. The molecule has 3 nitrogen and oxygen atoms in total. The first-order valence-electron chi connectivity index (χ1n) is 6.73. The van der Waals surface area contributed by atoms with Crippen LogP contribution in [-0.2, 0) is 0 Å². The summed E-state index contributed by atoms with van der Waals surface area (Å²) in [6.45, 7) is 8.73. The van der Waals surface area contributed by atoms with Crippen LogP contribution in [0.15, 0.2) is 22.7 Å². The lowest BCUT2D eigenvalue weighted by Gasteiger charge is -2.07. The third kappa shape index (κ3) is 1.93. The van der Waals surface area contributed by atoms with Crippen LogP contribution in [0.5, 0.6) is 0 Å². The zero-order valence-corrected chi connectivity index (χ0v) is 11.9. The monoisotopic (exact) mass is 256 g/mol. The molecule has 3 heteroatoms. The van der Waals surface area contributed by atoms with Gasteiger partial charge in [0.1, 0.15) is 5.76 Å². The summed E-state index contributed by atoms with van der Waals surface area (Å²) in [6.07, 6.45) is 1.14. The van der Waals surface area contributed by atoms with E-state index in [0.29, 0.717) is 17.2 Å². The molecule has 1 atom stereocenters. The van der Waals surface area contributed by atoms with Crippen molar-refractivity contribution in [2.24, 2.45) is 5.41 Å². The summed E-state index contributed by atoms with van der Waals surface area (Å²) in [5.74, 6) is 1.89. The van der Waals surface area contributed by atoms with Crippen LogP contribution >= 0.6 is 0 Å². The van der Waals surface area contributed by atoms with E-state index in [2.05, 4.69) is 51.1 Å². The fraction of sp³-hybridized carbons (Fsp3) is 0.438. The minimum absolute atomic E-state index is 0.306. The van der Waals surface area contributed by atoms with Gasteiger partial charge in [0.05, 0.1) is 5.56 Å². The molecule has 1 saturated carbocycles. The van der Waals surface area contributed by atoms with Gasteiger partial charge in [0.15, 0.2) is 5.82 Å². The van der Waals surface area contributed by atoms with Crippen LogP contribution < -0.4 is 5.73 Å². The highest BCUT2D eigenvalue weighted by molar-refractivity contribution is 5.77. The molecule has 100 valence electrons. The van der Waals surface area contributed by atoms with E-state index in [9.17, 15) is 0 Å².